The maximum absolute atomic E-state index is 5.74. The van der Waals surface area contributed by atoms with Crippen LogP contribution in [0.4, 0.5) is 11.6 Å². The summed E-state index contributed by atoms with van der Waals surface area (Å²) in [5.41, 5.74) is 7.63. The van der Waals surface area contributed by atoms with E-state index < -0.39 is 0 Å². The predicted molar refractivity (Wildman–Crippen MR) is 69.0 cm³/mol. The van der Waals surface area contributed by atoms with E-state index in [4.69, 9.17) is 5.73 Å². The average molecular weight is 240 g/mol. The van der Waals surface area contributed by atoms with Gasteiger partial charge in [-0.3, -0.25) is 4.98 Å². The summed E-state index contributed by atoms with van der Waals surface area (Å²) >= 11 is 0. The first-order chi connectivity index (χ1) is 8.83. The molecule has 0 aliphatic carbocycles. The van der Waals surface area contributed by atoms with Crippen molar-refractivity contribution >= 4 is 17.3 Å². The highest BCUT2D eigenvalue weighted by atomic mass is 15.1. The number of nitrogens with two attached hydrogens (primary N) is 1. The van der Waals surface area contributed by atoms with Crippen molar-refractivity contribution < 1.29 is 0 Å². The summed E-state index contributed by atoms with van der Waals surface area (Å²) in [6, 6.07) is 3.89. The van der Waals surface area contributed by atoms with Gasteiger partial charge in [0.15, 0.2) is 11.5 Å². The van der Waals surface area contributed by atoms with Crippen molar-refractivity contribution in [1.82, 2.24) is 19.4 Å². The molecule has 0 unspecified atom stereocenters. The molecule has 0 spiro atoms. The number of pyridine rings is 1. The first-order valence-corrected chi connectivity index (χ1v) is 5.55. The molecule has 0 fully saturated rings. The van der Waals surface area contributed by atoms with Crippen LogP contribution in [0.25, 0.3) is 5.65 Å². The molecule has 18 heavy (non-hydrogen) atoms. The van der Waals surface area contributed by atoms with E-state index in [0.29, 0.717) is 18.2 Å². The van der Waals surface area contributed by atoms with Crippen LogP contribution >= 0.6 is 0 Å². The molecule has 6 heteroatoms. The molecule has 3 heterocycles. The van der Waals surface area contributed by atoms with Crippen LogP contribution in [-0.2, 0) is 6.54 Å². The predicted octanol–water partition coefficient (Wildman–Crippen LogP) is 1.32. The number of rotatable bonds is 3. The third-order valence-electron chi connectivity index (χ3n) is 2.60. The Morgan fingerprint density at radius 2 is 2.06 bits per heavy atom. The Morgan fingerprint density at radius 1 is 1.22 bits per heavy atom. The van der Waals surface area contributed by atoms with Crippen LogP contribution in [0.15, 0.2) is 43.1 Å². The highest BCUT2D eigenvalue weighted by molar-refractivity contribution is 5.64. The molecule has 0 saturated heterocycles. The monoisotopic (exact) mass is 240 g/mol. The lowest BCUT2D eigenvalue weighted by Crippen LogP contribution is -2.06. The first-order valence-electron chi connectivity index (χ1n) is 5.55. The number of fused-ring (bicyclic) bond motifs is 1. The van der Waals surface area contributed by atoms with E-state index in [1.54, 1.807) is 24.8 Å². The average Bonchev–Trinajstić information content (AvgIpc) is 2.85. The summed E-state index contributed by atoms with van der Waals surface area (Å²) in [6.45, 7) is 0.654. The van der Waals surface area contributed by atoms with Crippen LogP contribution in [-0.4, -0.2) is 19.4 Å². The van der Waals surface area contributed by atoms with Crippen molar-refractivity contribution in [1.29, 1.82) is 0 Å². The van der Waals surface area contributed by atoms with Gasteiger partial charge in [-0.1, -0.05) is 0 Å². The molecule has 3 aromatic rings. The second-order valence-corrected chi connectivity index (χ2v) is 3.88. The van der Waals surface area contributed by atoms with E-state index in [1.807, 2.05) is 22.7 Å². The zero-order valence-electron chi connectivity index (χ0n) is 9.61. The Morgan fingerprint density at radius 3 is 2.89 bits per heavy atom. The maximum Gasteiger partial charge on any atom is 0.180 e. The first kappa shape index (κ1) is 10.5. The van der Waals surface area contributed by atoms with Crippen molar-refractivity contribution in [3.8, 4) is 0 Å². The molecule has 0 radical (unpaired) electrons. The molecule has 0 bridgehead atoms. The second-order valence-electron chi connectivity index (χ2n) is 3.88. The number of nitrogens with one attached hydrogen (secondary N) is 1. The van der Waals surface area contributed by atoms with Gasteiger partial charge in [0.2, 0.25) is 0 Å². The number of nitrogen functional groups attached to an aromatic ring is 1. The summed E-state index contributed by atoms with van der Waals surface area (Å²) in [6.07, 6.45) is 8.81. The second kappa shape index (κ2) is 4.33. The molecular weight excluding hydrogens is 228 g/mol. The summed E-state index contributed by atoms with van der Waals surface area (Å²) in [5.74, 6) is 1.13. The molecule has 3 aromatic heterocycles. The molecule has 0 aliphatic rings. The Labute approximate surface area is 104 Å². The van der Waals surface area contributed by atoms with Gasteiger partial charge in [-0.2, -0.15) is 0 Å². The smallest absolute Gasteiger partial charge is 0.180 e. The van der Waals surface area contributed by atoms with Gasteiger partial charge in [0.25, 0.3) is 0 Å². The molecule has 0 aromatic carbocycles. The summed E-state index contributed by atoms with van der Waals surface area (Å²) in [5, 5.41) is 3.23. The zero-order chi connectivity index (χ0) is 12.4. The van der Waals surface area contributed by atoms with Crippen LogP contribution in [0.1, 0.15) is 5.56 Å². The summed E-state index contributed by atoms with van der Waals surface area (Å²) in [7, 11) is 0. The van der Waals surface area contributed by atoms with E-state index in [9.17, 15) is 0 Å². The van der Waals surface area contributed by atoms with E-state index in [-0.39, 0.29) is 0 Å². The van der Waals surface area contributed by atoms with Gasteiger partial charge in [0, 0.05) is 31.3 Å². The maximum atomic E-state index is 5.74. The third kappa shape index (κ3) is 1.95. The summed E-state index contributed by atoms with van der Waals surface area (Å²) < 4.78 is 1.84. The van der Waals surface area contributed by atoms with E-state index >= 15 is 0 Å². The van der Waals surface area contributed by atoms with Crippen LogP contribution in [0, 0.1) is 0 Å². The molecule has 90 valence electrons. The fourth-order valence-electron chi connectivity index (χ4n) is 1.76. The van der Waals surface area contributed by atoms with Gasteiger partial charge in [-0.25, -0.2) is 9.97 Å². The van der Waals surface area contributed by atoms with Gasteiger partial charge < -0.3 is 15.5 Å². The van der Waals surface area contributed by atoms with Crippen molar-refractivity contribution in [2.45, 2.75) is 6.54 Å². The highest BCUT2D eigenvalue weighted by Crippen LogP contribution is 2.15. The Balaban J connectivity index is 1.88. The van der Waals surface area contributed by atoms with Gasteiger partial charge in [0.1, 0.15) is 5.82 Å². The number of hydrogen-bond donors (Lipinski definition) is 2. The summed E-state index contributed by atoms with van der Waals surface area (Å²) in [4.78, 5) is 12.5. The SMILES string of the molecule is Nc1cn2ccnc2c(NCc2ccncc2)n1. The number of aromatic nitrogens is 4. The fourth-order valence-corrected chi connectivity index (χ4v) is 1.76. The Hall–Kier alpha value is -2.63. The Kier molecular flexibility index (Phi) is 2.53. The molecule has 0 saturated carbocycles. The minimum absolute atomic E-state index is 0.456. The molecule has 0 aliphatic heterocycles. The molecule has 0 atom stereocenters. The lowest BCUT2D eigenvalue weighted by Gasteiger charge is -2.07. The standard InChI is InChI=1S/C12H12N6/c13-10-8-18-6-5-15-12(18)11(17-10)16-7-9-1-3-14-4-2-9/h1-6,8H,7,13H2,(H,16,17). The van der Waals surface area contributed by atoms with Gasteiger partial charge >= 0.3 is 0 Å². The quantitative estimate of drug-likeness (QED) is 0.721. The number of hydrogen-bond acceptors (Lipinski definition) is 5. The number of imidazole rings is 1. The number of anilines is 2. The third-order valence-corrected chi connectivity index (χ3v) is 2.60. The Bertz CT molecular complexity index is 661. The van der Waals surface area contributed by atoms with Crippen molar-refractivity contribution in [2.24, 2.45) is 0 Å². The van der Waals surface area contributed by atoms with Crippen LogP contribution in [0.2, 0.25) is 0 Å². The van der Waals surface area contributed by atoms with Crippen molar-refractivity contribution in [3.05, 3.63) is 48.7 Å². The highest BCUT2D eigenvalue weighted by Gasteiger charge is 2.05. The number of nitrogens with zero attached hydrogens (tertiary/aromatic N) is 4. The largest absolute Gasteiger partial charge is 0.382 e. The molecule has 3 rings (SSSR count). The van der Waals surface area contributed by atoms with Crippen molar-refractivity contribution in [3.63, 3.8) is 0 Å². The molecule has 0 amide bonds. The van der Waals surface area contributed by atoms with Gasteiger partial charge in [-0.15, -0.1) is 0 Å². The minimum Gasteiger partial charge on any atom is -0.382 e. The molecular formula is C12H12N6. The lowest BCUT2D eigenvalue weighted by molar-refractivity contribution is 1.07. The zero-order valence-corrected chi connectivity index (χ0v) is 9.61. The van der Waals surface area contributed by atoms with E-state index in [0.717, 1.165) is 11.2 Å². The van der Waals surface area contributed by atoms with Crippen molar-refractivity contribution in [2.75, 3.05) is 11.1 Å². The minimum atomic E-state index is 0.456. The topological polar surface area (TPSA) is 81.1 Å². The van der Waals surface area contributed by atoms with Crippen LogP contribution < -0.4 is 11.1 Å². The normalized spacial score (nSPS) is 10.7. The van der Waals surface area contributed by atoms with E-state index in [2.05, 4.69) is 20.3 Å². The van der Waals surface area contributed by atoms with Crippen LogP contribution in [0.5, 0.6) is 0 Å². The van der Waals surface area contributed by atoms with Crippen LogP contribution in [0.3, 0.4) is 0 Å². The molecule has 6 nitrogen and oxygen atoms in total. The van der Waals surface area contributed by atoms with Gasteiger partial charge in [0.05, 0.1) is 6.20 Å². The molecule has 3 N–H and O–H groups in total. The fraction of sp³-hybridized carbons (Fsp3) is 0.0833. The van der Waals surface area contributed by atoms with E-state index in [1.165, 1.54) is 0 Å². The lowest BCUT2D eigenvalue weighted by atomic mass is 10.3. The van der Waals surface area contributed by atoms with Gasteiger partial charge in [-0.05, 0) is 17.7 Å².